The molecule has 0 heterocycles. The Morgan fingerprint density at radius 1 is 1.22 bits per heavy atom. The van der Waals surface area contributed by atoms with Gasteiger partial charge in [0.25, 0.3) is 5.91 Å². The third-order valence-electron chi connectivity index (χ3n) is 4.35. The number of hydrogen-bond donors (Lipinski definition) is 3. The zero-order chi connectivity index (χ0) is 16.7. The molecule has 3 N–H and O–H groups in total. The maximum absolute atomic E-state index is 12.2. The first-order valence-electron chi connectivity index (χ1n) is 8.56. The van der Waals surface area contributed by atoms with Gasteiger partial charge in [-0.1, -0.05) is 32.8 Å². The molecule has 5 heteroatoms. The minimum Gasteiger partial charge on any atom is -0.352 e. The van der Waals surface area contributed by atoms with E-state index in [0.717, 1.165) is 19.3 Å². The number of hydrogen-bond acceptors (Lipinski definition) is 2. The Labute approximate surface area is 138 Å². The summed E-state index contributed by atoms with van der Waals surface area (Å²) in [5, 5.41) is 8.71. The Hall–Kier alpha value is -2.04. The number of amides is 3. The van der Waals surface area contributed by atoms with Gasteiger partial charge in [-0.05, 0) is 43.4 Å². The second kappa shape index (κ2) is 8.56. The molecule has 1 saturated carbocycles. The number of carbonyl (C=O) groups excluding carboxylic acids is 2. The van der Waals surface area contributed by atoms with Crippen LogP contribution in [-0.2, 0) is 0 Å². The van der Waals surface area contributed by atoms with Crippen LogP contribution in [0.2, 0.25) is 0 Å². The summed E-state index contributed by atoms with van der Waals surface area (Å²) in [6.45, 7) is 4.84. The molecule has 1 aliphatic carbocycles. The maximum Gasteiger partial charge on any atom is 0.319 e. The molecule has 0 spiro atoms. The molecule has 5 nitrogen and oxygen atoms in total. The monoisotopic (exact) mass is 317 g/mol. The van der Waals surface area contributed by atoms with E-state index < -0.39 is 0 Å². The van der Waals surface area contributed by atoms with Crippen LogP contribution in [0.4, 0.5) is 10.5 Å². The summed E-state index contributed by atoms with van der Waals surface area (Å²) in [5.41, 5.74) is 1.19. The average Bonchev–Trinajstić information content (AvgIpc) is 2.55. The average molecular weight is 317 g/mol. The molecular formula is C18H27N3O2. The Kier molecular flexibility index (Phi) is 6.44. The second-order valence-electron chi connectivity index (χ2n) is 6.30. The normalized spacial score (nSPS) is 20.6. The van der Waals surface area contributed by atoms with Gasteiger partial charge in [0, 0.05) is 23.8 Å². The smallest absolute Gasteiger partial charge is 0.319 e. The van der Waals surface area contributed by atoms with Crippen molar-refractivity contribution in [2.45, 2.75) is 52.0 Å². The fourth-order valence-electron chi connectivity index (χ4n) is 2.95. The highest BCUT2D eigenvalue weighted by Crippen LogP contribution is 2.23. The van der Waals surface area contributed by atoms with Crippen LogP contribution in [0.25, 0.3) is 0 Å². The van der Waals surface area contributed by atoms with Gasteiger partial charge in [0.05, 0.1) is 0 Å². The molecule has 0 aliphatic heterocycles. The van der Waals surface area contributed by atoms with Gasteiger partial charge in [-0.3, -0.25) is 4.79 Å². The highest BCUT2D eigenvalue weighted by Gasteiger charge is 2.22. The molecule has 1 aliphatic rings. The predicted octanol–water partition coefficient (Wildman–Crippen LogP) is 3.53. The van der Waals surface area contributed by atoms with Crippen molar-refractivity contribution in [3.8, 4) is 0 Å². The molecule has 0 unspecified atom stereocenters. The topological polar surface area (TPSA) is 70.2 Å². The largest absolute Gasteiger partial charge is 0.352 e. The lowest BCUT2D eigenvalue weighted by atomic mass is 9.86. The minimum absolute atomic E-state index is 0.114. The van der Waals surface area contributed by atoms with Gasteiger partial charge >= 0.3 is 6.03 Å². The van der Waals surface area contributed by atoms with Crippen LogP contribution in [0.3, 0.4) is 0 Å². The van der Waals surface area contributed by atoms with E-state index in [1.54, 1.807) is 24.3 Å². The van der Waals surface area contributed by atoms with E-state index in [9.17, 15) is 9.59 Å². The van der Waals surface area contributed by atoms with E-state index in [-0.39, 0.29) is 18.0 Å². The van der Waals surface area contributed by atoms with Gasteiger partial charge in [-0.15, -0.1) is 0 Å². The van der Waals surface area contributed by atoms with Crippen molar-refractivity contribution < 1.29 is 9.59 Å². The Balaban J connectivity index is 1.91. The summed E-state index contributed by atoms with van der Waals surface area (Å²) in [6.07, 6.45) is 5.51. The zero-order valence-corrected chi connectivity index (χ0v) is 14.0. The van der Waals surface area contributed by atoms with Gasteiger partial charge in [0.2, 0.25) is 0 Å². The van der Waals surface area contributed by atoms with Gasteiger partial charge in [-0.25, -0.2) is 4.79 Å². The van der Waals surface area contributed by atoms with Gasteiger partial charge in [-0.2, -0.15) is 0 Å². The predicted molar refractivity (Wildman–Crippen MR) is 92.6 cm³/mol. The standard InChI is InChI=1S/C18H27N3O2/c1-3-11-19-17(22)14-8-6-9-15(12-14)20-18(23)21-16-10-5-4-7-13(16)2/h6,8-9,12-13,16H,3-5,7,10-11H2,1-2H3,(H,19,22)(H2,20,21,23)/t13-,16-/m0/s1. The van der Waals surface area contributed by atoms with E-state index in [2.05, 4.69) is 22.9 Å². The van der Waals surface area contributed by atoms with Crippen molar-refractivity contribution in [1.29, 1.82) is 0 Å². The molecule has 2 atom stereocenters. The van der Waals surface area contributed by atoms with Crippen LogP contribution in [0.15, 0.2) is 24.3 Å². The molecule has 1 fully saturated rings. The minimum atomic E-state index is -0.199. The molecule has 3 amide bonds. The molecule has 1 aromatic rings. The van der Waals surface area contributed by atoms with E-state index in [1.807, 2.05) is 6.92 Å². The summed E-state index contributed by atoms with van der Waals surface area (Å²) >= 11 is 0. The maximum atomic E-state index is 12.2. The van der Waals surface area contributed by atoms with E-state index in [0.29, 0.717) is 23.7 Å². The van der Waals surface area contributed by atoms with E-state index in [1.165, 1.54) is 12.8 Å². The van der Waals surface area contributed by atoms with Crippen molar-refractivity contribution in [2.24, 2.45) is 5.92 Å². The first kappa shape index (κ1) is 17.3. The van der Waals surface area contributed by atoms with Gasteiger partial charge in [0.15, 0.2) is 0 Å². The van der Waals surface area contributed by atoms with Crippen LogP contribution >= 0.6 is 0 Å². The molecule has 0 bridgehead atoms. The molecule has 0 radical (unpaired) electrons. The quantitative estimate of drug-likeness (QED) is 0.777. The summed E-state index contributed by atoms with van der Waals surface area (Å²) in [6, 6.07) is 7.06. The zero-order valence-electron chi connectivity index (χ0n) is 14.0. The SMILES string of the molecule is CCCNC(=O)c1cccc(NC(=O)N[C@H]2CCCC[C@@H]2C)c1. The summed E-state index contributed by atoms with van der Waals surface area (Å²) < 4.78 is 0. The number of rotatable bonds is 5. The number of anilines is 1. The number of benzene rings is 1. The fourth-order valence-corrected chi connectivity index (χ4v) is 2.95. The Bertz CT molecular complexity index is 545. The van der Waals surface area contributed by atoms with Crippen LogP contribution in [0.1, 0.15) is 56.3 Å². The van der Waals surface area contributed by atoms with E-state index >= 15 is 0 Å². The highest BCUT2D eigenvalue weighted by molar-refractivity contribution is 5.96. The Morgan fingerprint density at radius 3 is 2.74 bits per heavy atom. The van der Waals surface area contributed by atoms with Crippen LogP contribution in [0, 0.1) is 5.92 Å². The summed E-state index contributed by atoms with van der Waals surface area (Å²) in [4.78, 5) is 24.1. The molecule has 2 rings (SSSR count). The first-order valence-corrected chi connectivity index (χ1v) is 8.56. The molecule has 23 heavy (non-hydrogen) atoms. The molecule has 0 saturated heterocycles. The van der Waals surface area contributed by atoms with Crippen molar-refractivity contribution in [3.63, 3.8) is 0 Å². The number of carbonyl (C=O) groups is 2. The third kappa shape index (κ3) is 5.27. The van der Waals surface area contributed by atoms with Crippen molar-refractivity contribution >= 4 is 17.6 Å². The molecule has 0 aromatic heterocycles. The third-order valence-corrected chi connectivity index (χ3v) is 4.35. The Morgan fingerprint density at radius 2 is 2.00 bits per heavy atom. The van der Waals surface area contributed by atoms with E-state index in [4.69, 9.17) is 0 Å². The lowest BCUT2D eigenvalue weighted by Gasteiger charge is -2.29. The van der Waals surface area contributed by atoms with Crippen LogP contribution < -0.4 is 16.0 Å². The van der Waals surface area contributed by atoms with Crippen molar-refractivity contribution in [2.75, 3.05) is 11.9 Å². The summed E-state index contributed by atoms with van der Waals surface area (Å²) in [7, 11) is 0. The molecular weight excluding hydrogens is 290 g/mol. The second-order valence-corrected chi connectivity index (χ2v) is 6.30. The van der Waals surface area contributed by atoms with Crippen LogP contribution in [-0.4, -0.2) is 24.5 Å². The molecule has 1 aromatic carbocycles. The molecule has 126 valence electrons. The number of urea groups is 1. The lowest BCUT2D eigenvalue weighted by molar-refractivity contribution is 0.0953. The van der Waals surface area contributed by atoms with Crippen molar-refractivity contribution in [1.82, 2.24) is 10.6 Å². The van der Waals surface area contributed by atoms with Gasteiger partial charge < -0.3 is 16.0 Å². The lowest BCUT2D eigenvalue weighted by Crippen LogP contribution is -2.43. The van der Waals surface area contributed by atoms with Crippen LogP contribution in [0.5, 0.6) is 0 Å². The van der Waals surface area contributed by atoms with Gasteiger partial charge in [0.1, 0.15) is 0 Å². The first-order chi connectivity index (χ1) is 11.1. The fraction of sp³-hybridized carbons (Fsp3) is 0.556. The van der Waals surface area contributed by atoms with Crippen molar-refractivity contribution in [3.05, 3.63) is 29.8 Å². The highest BCUT2D eigenvalue weighted by atomic mass is 16.2. The number of nitrogens with one attached hydrogen (secondary N) is 3. The summed E-state index contributed by atoms with van der Waals surface area (Å²) in [5.74, 6) is 0.400.